The summed E-state index contributed by atoms with van der Waals surface area (Å²) < 4.78 is 4.38. The van der Waals surface area contributed by atoms with Crippen molar-refractivity contribution in [3.8, 4) is 51.8 Å². The second kappa shape index (κ2) is 11.4. The van der Waals surface area contributed by atoms with Crippen LogP contribution in [0.3, 0.4) is 0 Å². The molecule has 50 heavy (non-hydrogen) atoms. The lowest BCUT2D eigenvalue weighted by molar-refractivity contribution is 1.17. The molecule has 0 saturated carbocycles. The Labute approximate surface area is 287 Å². The van der Waals surface area contributed by atoms with Gasteiger partial charge in [0.15, 0.2) is 0 Å². The molecular weight excluding hydrogens is 611 g/mol. The highest BCUT2D eigenvalue weighted by Crippen LogP contribution is 2.39. The number of para-hydroxylation sites is 4. The Balaban J connectivity index is 1.17. The lowest BCUT2D eigenvalue weighted by Gasteiger charge is -2.17. The van der Waals surface area contributed by atoms with Crippen molar-refractivity contribution in [3.05, 3.63) is 168 Å². The lowest BCUT2D eigenvalue weighted by Crippen LogP contribution is -2.01. The number of rotatable bonds is 4. The molecule has 0 aliphatic rings. The number of aromatic nitrogens is 2. The van der Waals surface area contributed by atoms with E-state index < -0.39 is 0 Å². The van der Waals surface area contributed by atoms with Crippen LogP contribution in [-0.4, -0.2) is 9.13 Å². The fourth-order valence-corrected chi connectivity index (χ4v) is 7.44. The highest BCUT2D eigenvalue weighted by Gasteiger charge is 2.20. The van der Waals surface area contributed by atoms with Crippen LogP contribution in [0.5, 0.6) is 0 Å². The van der Waals surface area contributed by atoms with E-state index in [0.717, 1.165) is 77.2 Å². The number of fused-ring (bicyclic) bond motifs is 6. The van der Waals surface area contributed by atoms with Crippen molar-refractivity contribution in [1.82, 2.24) is 9.13 Å². The van der Waals surface area contributed by atoms with Gasteiger partial charge in [-0.2, -0.15) is 15.8 Å². The SMILES string of the molecule is N#Cc1ccc2c(c1)c1ccccc1n2-c1ccc(-c2ccc(-c3cccc(C#N)c3-n3c4ccccc4c4ccccc43)cc2C#N)cc1. The first kappa shape index (κ1) is 28.8. The predicted octanol–water partition coefficient (Wildman–Crippen LogP) is 10.8. The van der Waals surface area contributed by atoms with Crippen molar-refractivity contribution >= 4 is 43.6 Å². The minimum Gasteiger partial charge on any atom is -0.309 e. The van der Waals surface area contributed by atoms with Crippen LogP contribution in [0.4, 0.5) is 0 Å². The van der Waals surface area contributed by atoms with Crippen molar-refractivity contribution in [1.29, 1.82) is 15.8 Å². The molecule has 2 heterocycles. The van der Waals surface area contributed by atoms with Gasteiger partial charge in [0.05, 0.1) is 56.6 Å². The van der Waals surface area contributed by atoms with Gasteiger partial charge in [-0.15, -0.1) is 0 Å². The third-order valence-corrected chi connectivity index (χ3v) is 9.65. The smallest absolute Gasteiger partial charge is 0.101 e. The van der Waals surface area contributed by atoms with E-state index in [1.807, 2.05) is 91.0 Å². The molecule has 0 bridgehead atoms. The first-order chi connectivity index (χ1) is 24.7. The molecule has 0 amide bonds. The van der Waals surface area contributed by atoms with Gasteiger partial charge in [0.2, 0.25) is 0 Å². The van der Waals surface area contributed by atoms with Gasteiger partial charge in [-0.25, -0.2) is 0 Å². The molecule has 9 rings (SSSR count). The van der Waals surface area contributed by atoms with Gasteiger partial charge < -0.3 is 9.13 Å². The summed E-state index contributed by atoms with van der Waals surface area (Å²) in [6.07, 6.45) is 0. The number of hydrogen-bond donors (Lipinski definition) is 0. The molecule has 0 aliphatic carbocycles. The van der Waals surface area contributed by atoms with Crippen molar-refractivity contribution < 1.29 is 0 Å². The zero-order valence-corrected chi connectivity index (χ0v) is 26.7. The average molecular weight is 636 g/mol. The molecular formula is C45H25N5. The van der Waals surface area contributed by atoms with Gasteiger partial charge in [0, 0.05) is 32.8 Å². The summed E-state index contributed by atoms with van der Waals surface area (Å²) in [4.78, 5) is 0. The maximum Gasteiger partial charge on any atom is 0.101 e. The Morgan fingerprint density at radius 1 is 0.380 bits per heavy atom. The van der Waals surface area contributed by atoms with Crippen molar-refractivity contribution in [2.45, 2.75) is 0 Å². The Kier molecular flexibility index (Phi) is 6.56. The topological polar surface area (TPSA) is 81.2 Å². The highest BCUT2D eigenvalue weighted by atomic mass is 15.0. The monoisotopic (exact) mass is 635 g/mol. The molecule has 5 nitrogen and oxygen atoms in total. The van der Waals surface area contributed by atoms with Crippen LogP contribution in [0.1, 0.15) is 16.7 Å². The van der Waals surface area contributed by atoms with Crippen LogP contribution < -0.4 is 0 Å². The van der Waals surface area contributed by atoms with Gasteiger partial charge in [-0.1, -0.05) is 91.0 Å². The zero-order valence-electron chi connectivity index (χ0n) is 26.7. The van der Waals surface area contributed by atoms with Crippen LogP contribution in [0.2, 0.25) is 0 Å². The lowest BCUT2D eigenvalue weighted by atomic mass is 9.93. The largest absolute Gasteiger partial charge is 0.309 e. The van der Waals surface area contributed by atoms with Crippen molar-refractivity contribution in [2.24, 2.45) is 0 Å². The van der Waals surface area contributed by atoms with Crippen LogP contribution in [-0.2, 0) is 0 Å². The quantitative estimate of drug-likeness (QED) is 0.193. The van der Waals surface area contributed by atoms with E-state index in [-0.39, 0.29) is 0 Å². The fraction of sp³-hybridized carbons (Fsp3) is 0. The maximum atomic E-state index is 10.4. The van der Waals surface area contributed by atoms with Gasteiger partial charge in [-0.05, 0) is 77.4 Å². The van der Waals surface area contributed by atoms with Gasteiger partial charge in [-0.3, -0.25) is 0 Å². The fourth-order valence-electron chi connectivity index (χ4n) is 7.44. The standard InChI is InChI=1S/C45H25N5/c46-26-29-16-23-44-40(24-29)39-11-3-4-13-41(39)49(44)34-20-17-30(18-21-34)35-22-19-31(25-33(35)28-48)36-12-7-8-32(27-47)45(36)50-42-14-5-1-9-37(42)38-10-2-6-15-43(38)50/h1-25H. The molecule has 0 N–H and O–H groups in total. The van der Waals surface area contributed by atoms with E-state index >= 15 is 0 Å². The van der Waals surface area contributed by atoms with E-state index in [1.165, 1.54) is 0 Å². The van der Waals surface area contributed by atoms with Crippen molar-refractivity contribution in [3.63, 3.8) is 0 Å². The van der Waals surface area contributed by atoms with Gasteiger partial charge in [0.25, 0.3) is 0 Å². The first-order valence-corrected chi connectivity index (χ1v) is 16.3. The van der Waals surface area contributed by atoms with E-state index in [1.54, 1.807) is 0 Å². The highest BCUT2D eigenvalue weighted by molar-refractivity contribution is 6.11. The molecule has 0 radical (unpaired) electrons. The van der Waals surface area contributed by atoms with E-state index in [4.69, 9.17) is 0 Å². The molecule has 2 aromatic heterocycles. The van der Waals surface area contributed by atoms with E-state index in [9.17, 15) is 15.8 Å². The molecule has 230 valence electrons. The average Bonchev–Trinajstić information content (AvgIpc) is 3.70. The minimum atomic E-state index is 0.548. The second-order valence-electron chi connectivity index (χ2n) is 12.3. The molecule has 0 spiro atoms. The van der Waals surface area contributed by atoms with Gasteiger partial charge >= 0.3 is 0 Å². The minimum absolute atomic E-state index is 0.548. The second-order valence-corrected chi connectivity index (χ2v) is 12.3. The predicted molar refractivity (Wildman–Crippen MR) is 200 cm³/mol. The Morgan fingerprint density at radius 2 is 0.960 bits per heavy atom. The molecule has 5 heteroatoms. The third-order valence-electron chi connectivity index (χ3n) is 9.65. The number of nitrogens with zero attached hydrogens (tertiary/aromatic N) is 5. The van der Waals surface area contributed by atoms with E-state index in [0.29, 0.717) is 16.7 Å². The first-order valence-electron chi connectivity index (χ1n) is 16.3. The molecule has 0 unspecified atom stereocenters. The van der Waals surface area contributed by atoms with Gasteiger partial charge in [0.1, 0.15) is 6.07 Å². The summed E-state index contributed by atoms with van der Waals surface area (Å²) in [7, 11) is 0. The molecule has 7 aromatic carbocycles. The summed E-state index contributed by atoms with van der Waals surface area (Å²) in [5.74, 6) is 0. The number of benzene rings is 7. The Morgan fingerprint density at radius 3 is 1.60 bits per heavy atom. The normalized spacial score (nSPS) is 11.1. The zero-order chi connectivity index (χ0) is 33.8. The van der Waals surface area contributed by atoms with Crippen LogP contribution in [0, 0.1) is 34.0 Å². The molecule has 0 aliphatic heterocycles. The number of hydrogen-bond acceptors (Lipinski definition) is 3. The molecule has 0 saturated heterocycles. The number of nitriles is 3. The molecule has 0 atom stereocenters. The van der Waals surface area contributed by atoms with Crippen LogP contribution >= 0.6 is 0 Å². The van der Waals surface area contributed by atoms with Crippen molar-refractivity contribution in [2.75, 3.05) is 0 Å². The Hall–Kier alpha value is -7.39. The summed E-state index contributed by atoms with van der Waals surface area (Å²) in [6, 6.07) is 57.7. The third kappa shape index (κ3) is 4.31. The van der Waals surface area contributed by atoms with Crippen LogP contribution in [0.25, 0.3) is 77.2 Å². The summed E-state index contributed by atoms with van der Waals surface area (Å²) >= 11 is 0. The summed E-state index contributed by atoms with van der Waals surface area (Å²) in [6.45, 7) is 0. The molecule has 9 aromatic rings. The maximum absolute atomic E-state index is 10.4. The van der Waals surface area contributed by atoms with Crippen LogP contribution in [0.15, 0.2) is 152 Å². The summed E-state index contributed by atoms with van der Waals surface area (Å²) in [5.41, 5.74) is 11.1. The van der Waals surface area contributed by atoms with E-state index in [2.05, 4.69) is 88.0 Å². The Bertz CT molecular complexity index is 2900. The molecule has 0 fully saturated rings. The summed E-state index contributed by atoms with van der Waals surface area (Å²) in [5, 5.41) is 34.6.